The van der Waals surface area contributed by atoms with E-state index < -0.39 is 0 Å². The lowest BCUT2D eigenvalue weighted by atomic mass is 10.0. The number of ether oxygens (including phenoxy) is 2. The summed E-state index contributed by atoms with van der Waals surface area (Å²) < 4.78 is 11.6. The zero-order valence-corrected chi connectivity index (χ0v) is 14.9. The molecular formula is C18H21ClN4O2. The van der Waals surface area contributed by atoms with Gasteiger partial charge in [-0.3, -0.25) is 0 Å². The Bertz CT molecular complexity index is 754. The van der Waals surface area contributed by atoms with Gasteiger partial charge in [0.1, 0.15) is 18.0 Å². The van der Waals surface area contributed by atoms with E-state index in [1.165, 1.54) is 0 Å². The number of nitrogens with zero attached hydrogens (tertiary/aromatic N) is 3. The predicted molar refractivity (Wildman–Crippen MR) is 97.6 cm³/mol. The van der Waals surface area contributed by atoms with Crippen molar-refractivity contribution in [2.75, 3.05) is 36.5 Å². The van der Waals surface area contributed by atoms with Gasteiger partial charge in [-0.2, -0.15) is 0 Å². The quantitative estimate of drug-likeness (QED) is 0.903. The molecule has 2 fully saturated rings. The number of benzene rings is 1. The molecule has 0 atom stereocenters. The molecule has 2 aromatic rings. The third kappa shape index (κ3) is 3.42. The van der Waals surface area contributed by atoms with Crippen LogP contribution in [-0.4, -0.2) is 42.1 Å². The third-order valence-electron chi connectivity index (χ3n) is 4.85. The van der Waals surface area contributed by atoms with Crippen molar-refractivity contribution in [3.05, 3.63) is 41.2 Å². The number of piperidine rings is 1. The van der Waals surface area contributed by atoms with Crippen LogP contribution in [-0.2, 0) is 9.47 Å². The molecule has 132 valence electrons. The van der Waals surface area contributed by atoms with Gasteiger partial charge in [-0.15, -0.1) is 0 Å². The van der Waals surface area contributed by atoms with Crippen LogP contribution in [0.2, 0.25) is 5.02 Å². The van der Waals surface area contributed by atoms with Crippen molar-refractivity contribution in [1.82, 2.24) is 9.97 Å². The van der Waals surface area contributed by atoms with E-state index in [1.54, 1.807) is 6.33 Å². The van der Waals surface area contributed by atoms with Crippen molar-refractivity contribution in [1.29, 1.82) is 0 Å². The Morgan fingerprint density at radius 1 is 1.16 bits per heavy atom. The van der Waals surface area contributed by atoms with Crippen LogP contribution < -0.4 is 10.2 Å². The molecule has 2 saturated heterocycles. The number of aromatic nitrogens is 2. The molecule has 0 bridgehead atoms. The Balaban J connectivity index is 1.47. The van der Waals surface area contributed by atoms with Gasteiger partial charge < -0.3 is 19.7 Å². The number of hydrogen-bond donors (Lipinski definition) is 1. The standard InChI is InChI=1S/C18H21ClN4O2/c1-13-14(19)3-2-4-15(13)22-16-11-17(21-12-20-16)23-7-5-18(6-8-23)24-9-10-25-18/h2-4,11-12H,5-10H2,1H3,(H,20,21,22). The molecule has 0 aliphatic carbocycles. The lowest BCUT2D eigenvalue weighted by Crippen LogP contribution is -2.45. The lowest BCUT2D eigenvalue weighted by Gasteiger charge is -2.38. The fourth-order valence-corrected chi connectivity index (χ4v) is 3.51. The molecule has 0 amide bonds. The monoisotopic (exact) mass is 360 g/mol. The number of anilines is 3. The normalized spacial score (nSPS) is 19.4. The smallest absolute Gasteiger partial charge is 0.171 e. The Morgan fingerprint density at radius 3 is 2.68 bits per heavy atom. The first kappa shape index (κ1) is 16.6. The first-order chi connectivity index (χ1) is 12.2. The highest BCUT2D eigenvalue weighted by atomic mass is 35.5. The number of halogens is 1. The largest absolute Gasteiger partial charge is 0.356 e. The van der Waals surface area contributed by atoms with E-state index in [0.29, 0.717) is 13.2 Å². The van der Waals surface area contributed by atoms with E-state index in [9.17, 15) is 0 Å². The van der Waals surface area contributed by atoms with E-state index in [2.05, 4.69) is 20.2 Å². The first-order valence-electron chi connectivity index (χ1n) is 8.52. The zero-order valence-electron chi connectivity index (χ0n) is 14.2. The highest BCUT2D eigenvalue weighted by molar-refractivity contribution is 6.31. The van der Waals surface area contributed by atoms with Crippen LogP contribution in [0.3, 0.4) is 0 Å². The van der Waals surface area contributed by atoms with Crippen LogP contribution in [0.1, 0.15) is 18.4 Å². The summed E-state index contributed by atoms with van der Waals surface area (Å²) in [7, 11) is 0. The van der Waals surface area contributed by atoms with Crippen LogP contribution in [0.4, 0.5) is 17.3 Å². The summed E-state index contributed by atoms with van der Waals surface area (Å²) in [5.41, 5.74) is 1.95. The van der Waals surface area contributed by atoms with E-state index >= 15 is 0 Å². The van der Waals surface area contributed by atoms with Crippen molar-refractivity contribution in [3.63, 3.8) is 0 Å². The molecule has 4 rings (SSSR count). The molecule has 3 heterocycles. The molecule has 1 aromatic carbocycles. The van der Waals surface area contributed by atoms with Crippen molar-refractivity contribution in [2.45, 2.75) is 25.6 Å². The molecule has 2 aliphatic rings. The van der Waals surface area contributed by atoms with E-state index in [1.807, 2.05) is 31.2 Å². The summed E-state index contributed by atoms with van der Waals surface area (Å²) in [6.07, 6.45) is 3.30. The minimum atomic E-state index is -0.373. The van der Waals surface area contributed by atoms with Crippen LogP contribution in [0.5, 0.6) is 0 Å². The van der Waals surface area contributed by atoms with Gasteiger partial charge in [0.25, 0.3) is 0 Å². The fourth-order valence-electron chi connectivity index (χ4n) is 3.33. The van der Waals surface area contributed by atoms with Crippen LogP contribution in [0.25, 0.3) is 0 Å². The Morgan fingerprint density at radius 2 is 1.92 bits per heavy atom. The molecule has 1 spiro atoms. The molecule has 1 aromatic heterocycles. The second-order valence-corrected chi connectivity index (χ2v) is 6.80. The van der Waals surface area contributed by atoms with Crippen molar-refractivity contribution in [2.24, 2.45) is 0 Å². The maximum Gasteiger partial charge on any atom is 0.171 e. The van der Waals surface area contributed by atoms with Crippen LogP contribution in [0.15, 0.2) is 30.6 Å². The van der Waals surface area contributed by atoms with Crippen molar-refractivity contribution < 1.29 is 9.47 Å². The SMILES string of the molecule is Cc1c(Cl)cccc1Nc1cc(N2CCC3(CC2)OCCO3)ncn1. The number of hydrogen-bond acceptors (Lipinski definition) is 6. The molecule has 2 aliphatic heterocycles. The summed E-state index contributed by atoms with van der Waals surface area (Å²) in [5, 5.41) is 4.06. The van der Waals surface area contributed by atoms with Gasteiger partial charge in [0, 0.05) is 42.7 Å². The summed E-state index contributed by atoms with van der Waals surface area (Å²) in [6.45, 7) is 5.08. The van der Waals surface area contributed by atoms with Gasteiger partial charge in [-0.25, -0.2) is 9.97 Å². The summed E-state index contributed by atoms with van der Waals surface area (Å²) in [6, 6.07) is 7.76. The fraction of sp³-hybridized carbons (Fsp3) is 0.444. The van der Waals surface area contributed by atoms with Crippen molar-refractivity contribution >= 4 is 28.9 Å². The minimum Gasteiger partial charge on any atom is -0.356 e. The second kappa shape index (κ2) is 6.78. The number of nitrogens with one attached hydrogen (secondary N) is 1. The molecular weight excluding hydrogens is 340 g/mol. The summed E-state index contributed by atoms with van der Waals surface area (Å²) in [4.78, 5) is 11.0. The Hall–Kier alpha value is -1.89. The van der Waals surface area contributed by atoms with Crippen molar-refractivity contribution in [3.8, 4) is 0 Å². The molecule has 0 saturated carbocycles. The molecule has 1 N–H and O–H groups in total. The lowest BCUT2D eigenvalue weighted by molar-refractivity contribution is -0.169. The Kier molecular flexibility index (Phi) is 4.50. The van der Waals surface area contributed by atoms with E-state index in [4.69, 9.17) is 21.1 Å². The topological polar surface area (TPSA) is 59.5 Å². The average Bonchev–Trinajstić information content (AvgIpc) is 3.08. The predicted octanol–water partition coefficient (Wildman–Crippen LogP) is 3.53. The molecule has 0 unspecified atom stereocenters. The molecule has 25 heavy (non-hydrogen) atoms. The maximum absolute atomic E-state index is 6.19. The third-order valence-corrected chi connectivity index (χ3v) is 5.26. The Labute approximate surface area is 152 Å². The van der Waals surface area contributed by atoms with Gasteiger partial charge in [0.15, 0.2) is 5.79 Å². The average molecular weight is 361 g/mol. The number of rotatable bonds is 3. The second-order valence-electron chi connectivity index (χ2n) is 6.39. The van der Waals surface area contributed by atoms with E-state index in [-0.39, 0.29) is 5.79 Å². The zero-order chi connectivity index (χ0) is 17.3. The van der Waals surface area contributed by atoms with Crippen LogP contribution >= 0.6 is 11.6 Å². The van der Waals surface area contributed by atoms with Gasteiger partial charge in [0.05, 0.1) is 13.2 Å². The first-order valence-corrected chi connectivity index (χ1v) is 8.90. The minimum absolute atomic E-state index is 0.373. The van der Waals surface area contributed by atoms with E-state index in [0.717, 1.165) is 53.8 Å². The van der Waals surface area contributed by atoms with Gasteiger partial charge >= 0.3 is 0 Å². The maximum atomic E-state index is 6.19. The molecule has 6 nitrogen and oxygen atoms in total. The summed E-state index contributed by atoms with van der Waals surface area (Å²) >= 11 is 6.19. The van der Waals surface area contributed by atoms with Gasteiger partial charge in [0.2, 0.25) is 0 Å². The van der Waals surface area contributed by atoms with Crippen LogP contribution in [0, 0.1) is 6.92 Å². The highest BCUT2D eigenvalue weighted by Crippen LogP contribution is 2.33. The van der Waals surface area contributed by atoms with Gasteiger partial charge in [-0.05, 0) is 24.6 Å². The molecule has 7 heteroatoms. The van der Waals surface area contributed by atoms with Gasteiger partial charge in [-0.1, -0.05) is 17.7 Å². The highest BCUT2D eigenvalue weighted by Gasteiger charge is 2.40. The summed E-state index contributed by atoms with van der Waals surface area (Å²) in [5.74, 6) is 1.29. The molecule has 0 radical (unpaired) electrons.